The maximum atomic E-state index is 4.71. The van der Waals surface area contributed by atoms with Gasteiger partial charge in [0.1, 0.15) is 6.33 Å². The number of imidazole rings is 2. The van der Waals surface area contributed by atoms with Gasteiger partial charge in [-0.1, -0.05) is 43.7 Å². The van der Waals surface area contributed by atoms with Crippen LogP contribution in [-0.4, -0.2) is 19.1 Å². The second-order valence-electron chi connectivity index (χ2n) is 11.5. The Morgan fingerprint density at radius 3 is 2.73 bits per heavy atom. The van der Waals surface area contributed by atoms with Gasteiger partial charge in [0.2, 0.25) is 0 Å². The fraction of sp³-hybridized carbons (Fsp3) is 0.517. The number of fused-ring (bicyclic) bond motifs is 6. The summed E-state index contributed by atoms with van der Waals surface area (Å²) in [4.78, 5) is 9.01. The molecule has 2 fully saturated rings. The zero-order valence-electron chi connectivity index (χ0n) is 19.8. The van der Waals surface area contributed by atoms with Crippen LogP contribution in [-0.2, 0) is 0 Å². The van der Waals surface area contributed by atoms with Crippen molar-refractivity contribution >= 4 is 16.7 Å². The monoisotopic (exact) mass is 438 g/mol. The normalized spacial score (nSPS) is 37.8. The predicted octanol–water partition coefficient (Wildman–Crippen LogP) is 6.89. The minimum Gasteiger partial charge on any atom is -0.331 e. The lowest BCUT2D eigenvalue weighted by Crippen LogP contribution is -2.50. The third-order valence-corrected chi connectivity index (χ3v) is 10.2. The lowest BCUT2D eigenvalue weighted by atomic mass is 9.47. The molecule has 2 saturated carbocycles. The van der Waals surface area contributed by atoms with Crippen molar-refractivity contribution in [2.75, 3.05) is 0 Å². The van der Waals surface area contributed by atoms with Crippen LogP contribution in [0.1, 0.15) is 64.8 Å². The summed E-state index contributed by atoms with van der Waals surface area (Å²) in [6.07, 6.45) is 22.4. The summed E-state index contributed by atoms with van der Waals surface area (Å²) < 4.78 is 4.71. The summed E-state index contributed by atoms with van der Waals surface area (Å²) in [6, 6.07) is 9.09. The van der Waals surface area contributed by atoms with Crippen molar-refractivity contribution in [1.82, 2.24) is 19.1 Å². The Morgan fingerprint density at radius 2 is 1.85 bits per heavy atom. The van der Waals surface area contributed by atoms with Gasteiger partial charge in [0.15, 0.2) is 0 Å². The zero-order valence-corrected chi connectivity index (χ0v) is 19.8. The number of rotatable bonds is 2. The minimum absolute atomic E-state index is 0.260. The first-order valence-corrected chi connectivity index (χ1v) is 12.9. The van der Waals surface area contributed by atoms with Crippen LogP contribution in [0.15, 0.2) is 67.0 Å². The Morgan fingerprint density at radius 1 is 0.970 bits per heavy atom. The molecule has 33 heavy (non-hydrogen) atoms. The average molecular weight is 439 g/mol. The van der Waals surface area contributed by atoms with Crippen LogP contribution in [0.25, 0.3) is 16.7 Å². The number of para-hydroxylation sites is 2. The molecular formula is C29H34N4. The van der Waals surface area contributed by atoms with Crippen molar-refractivity contribution in [1.29, 1.82) is 0 Å². The quantitative estimate of drug-likeness (QED) is 0.409. The lowest BCUT2D eigenvalue weighted by molar-refractivity contribution is -0.0251. The minimum atomic E-state index is 0.260. The van der Waals surface area contributed by atoms with Gasteiger partial charge in [0.05, 0.1) is 23.4 Å². The molecule has 170 valence electrons. The van der Waals surface area contributed by atoms with E-state index in [1.807, 2.05) is 12.5 Å². The van der Waals surface area contributed by atoms with E-state index in [9.17, 15) is 0 Å². The Labute approximate surface area is 196 Å². The molecule has 0 radical (unpaired) electrons. The van der Waals surface area contributed by atoms with Crippen LogP contribution < -0.4 is 0 Å². The molecule has 6 atom stereocenters. The molecular weight excluding hydrogens is 404 g/mol. The molecule has 0 spiro atoms. The van der Waals surface area contributed by atoms with E-state index in [0.29, 0.717) is 11.5 Å². The third-order valence-electron chi connectivity index (χ3n) is 10.2. The molecule has 2 heterocycles. The van der Waals surface area contributed by atoms with Crippen molar-refractivity contribution in [2.45, 2.75) is 64.8 Å². The fourth-order valence-corrected chi connectivity index (χ4v) is 8.48. The number of hydrogen-bond donors (Lipinski definition) is 0. The SMILES string of the molecule is C[C@]12CC[C@H](n3ccnc3)C=C1CCC1C2CC[C@]2(C)C(n3cnc4ccccc43)=CCC12. The second-order valence-corrected chi connectivity index (χ2v) is 11.5. The van der Waals surface area contributed by atoms with Gasteiger partial charge in [-0.15, -0.1) is 0 Å². The molecule has 2 aromatic heterocycles. The van der Waals surface area contributed by atoms with Crippen LogP contribution in [0.5, 0.6) is 0 Å². The van der Waals surface area contributed by atoms with E-state index in [0.717, 1.165) is 23.3 Å². The van der Waals surface area contributed by atoms with Crippen LogP contribution in [0.3, 0.4) is 0 Å². The van der Waals surface area contributed by atoms with Crippen molar-refractivity contribution in [2.24, 2.45) is 28.6 Å². The van der Waals surface area contributed by atoms with E-state index in [1.54, 1.807) is 5.57 Å². The van der Waals surface area contributed by atoms with Crippen LogP contribution in [0.4, 0.5) is 0 Å². The molecule has 3 aromatic rings. The highest BCUT2D eigenvalue weighted by Crippen LogP contribution is 2.66. The highest BCUT2D eigenvalue weighted by molar-refractivity contribution is 5.80. The van der Waals surface area contributed by atoms with E-state index in [4.69, 9.17) is 4.98 Å². The molecule has 0 aliphatic heterocycles. The lowest BCUT2D eigenvalue weighted by Gasteiger charge is -2.58. The van der Waals surface area contributed by atoms with Gasteiger partial charge in [0, 0.05) is 23.5 Å². The Kier molecular flexibility index (Phi) is 4.17. The van der Waals surface area contributed by atoms with Crippen molar-refractivity contribution in [3.63, 3.8) is 0 Å². The fourth-order valence-electron chi connectivity index (χ4n) is 8.48. The molecule has 3 unspecified atom stereocenters. The highest BCUT2D eigenvalue weighted by Gasteiger charge is 2.57. The Balaban J connectivity index is 1.20. The smallest absolute Gasteiger partial charge is 0.100 e. The highest BCUT2D eigenvalue weighted by atomic mass is 15.1. The molecule has 0 amide bonds. The standard InChI is InChI=1S/C29H34N4/c1-28-13-11-21(32-16-15-30-18-32)17-20(28)7-8-22-23-9-10-27(29(23,2)14-12-24(22)28)33-19-31-25-5-3-4-6-26(25)33/h3-6,10,15-19,21-24H,7-9,11-14H2,1-2H3/t21-,22?,23?,24?,28-,29-/m0/s1. The zero-order chi connectivity index (χ0) is 22.2. The topological polar surface area (TPSA) is 35.6 Å². The van der Waals surface area contributed by atoms with Gasteiger partial charge in [0.25, 0.3) is 0 Å². The largest absolute Gasteiger partial charge is 0.331 e. The van der Waals surface area contributed by atoms with Gasteiger partial charge < -0.3 is 9.13 Å². The Hall–Kier alpha value is -2.62. The summed E-state index contributed by atoms with van der Waals surface area (Å²) in [5, 5.41) is 0. The first kappa shape index (κ1) is 19.8. The van der Waals surface area contributed by atoms with E-state index in [-0.39, 0.29) is 5.41 Å². The van der Waals surface area contributed by atoms with Gasteiger partial charge in [-0.25, -0.2) is 9.97 Å². The number of nitrogens with zero attached hydrogens (tertiary/aromatic N) is 4. The number of aromatic nitrogens is 4. The summed E-state index contributed by atoms with van der Waals surface area (Å²) in [7, 11) is 0. The van der Waals surface area contributed by atoms with E-state index in [1.165, 1.54) is 56.2 Å². The average Bonchev–Trinajstić information content (AvgIpc) is 3.57. The van der Waals surface area contributed by atoms with Crippen molar-refractivity contribution in [3.05, 3.63) is 67.0 Å². The van der Waals surface area contributed by atoms with Gasteiger partial charge >= 0.3 is 0 Å². The summed E-state index contributed by atoms with van der Waals surface area (Å²) in [6.45, 7) is 5.17. The third kappa shape index (κ3) is 2.70. The molecule has 4 aliphatic carbocycles. The summed E-state index contributed by atoms with van der Waals surface area (Å²) in [5.74, 6) is 2.42. The molecule has 1 aromatic carbocycles. The molecule has 7 rings (SSSR count). The van der Waals surface area contributed by atoms with E-state index >= 15 is 0 Å². The maximum Gasteiger partial charge on any atom is 0.100 e. The van der Waals surface area contributed by atoms with Gasteiger partial charge in [-0.2, -0.15) is 0 Å². The van der Waals surface area contributed by atoms with Crippen LogP contribution >= 0.6 is 0 Å². The maximum absolute atomic E-state index is 4.71. The van der Waals surface area contributed by atoms with E-state index < -0.39 is 0 Å². The summed E-state index contributed by atoms with van der Waals surface area (Å²) >= 11 is 0. The molecule has 4 nitrogen and oxygen atoms in total. The van der Waals surface area contributed by atoms with Crippen molar-refractivity contribution in [3.8, 4) is 0 Å². The first-order chi connectivity index (χ1) is 16.1. The predicted molar refractivity (Wildman–Crippen MR) is 132 cm³/mol. The van der Waals surface area contributed by atoms with Gasteiger partial charge in [-0.3, -0.25) is 0 Å². The van der Waals surface area contributed by atoms with Crippen LogP contribution in [0.2, 0.25) is 0 Å². The van der Waals surface area contributed by atoms with Gasteiger partial charge in [-0.05, 0) is 80.2 Å². The molecule has 0 N–H and O–H groups in total. The Bertz CT molecular complexity index is 1260. The first-order valence-electron chi connectivity index (χ1n) is 12.9. The summed E-state index contributed by atoms with van der Waals surface area (Å²) in [5.41, 5.74) is 6.25. The number of allylic oxidation sites excluding steroid dienone is 4. The molecule has 4 aliphatic rings. The second kappa shape index (κ2) is 6.94. The number of hydrogen-bond acceptors (Lipinski definition) is 2. The molecule has 0 bridgehead atoms. The number of benzene rings is 1. The van der Waals surface area contributed by atoms with Crippen LogP contribution in [0, 0.1) is 28.6 Å². The van der Waals surface area contributed by atoms with Crippen molar-refractivity contribution < 1.29 is 0 Å². The molecule has 4 heteroatoms. The van der Waals surface area contributed by atoms with E-state index in [2.05, 4.69) is 76.9 Å². The molecule has 0 saturated heterocycles.